The lowest BCUT2D eigenvalue weighted by atomic mass is 10.0. The maximum Gasteiger partial charge on any atom is 0.0233 e. The Morgan fingerprint density at radius 3 is 2.41 bits per heavy atom. The predicted octanol–water partition coefficient (Wildman–Crippen LogP) is 3.36. The van der Waals surface area contributed by atoms with Crippen molar-refractivity contribution >= 4 is 0 Å². The van der Waals surface area contributed by atoms with Gasteiger partial charge in [0, 0.05) is 6.54 Å². The van der Waals surface area contributed by atoms with E-state index in [4.69, 9.17) is 0 Å². The second kappa shape index (κ2) is 4.72. The van der Waals surface area contributed by atoms with E-state index in [1.165, 1.54) is 36.2 Å². The normalized spacial score (nSPS) is 15.5. The van der Waals surface area contributed by atoms with Crippen LogP contribution in [0.4, 0.5) is 0 Å². The molecule has 0 amide bonds. The molecule has 0 unspecified atom stereocenters. The van der Waals surface area contributed by atoms with E-state index in [0.29, 0.717) is 0 Å². The topological polar surface area (TPSA) is 3.24 Å². The molecular formula is C16H16N. The fourth-order valence-electron chi connectivity index (χ4n) is 2.17. The van der Waals surface area contributed by atoms with Gasteiger partial charge in [-0.2, -0.15) is 0 Å². The van der Waals surface area contributed by atoms with E-state index in [0.717, 1.165) is 6.54 Å². The Balaban J connectivity index is 1.75. The molecule has 0 atom stereocenters. The van der Waals surface area contributed by atoms with Gasteiger partial charge in [0.05, 0.1) is 0 Å². The number of hydrogen-bond acceptors (Lipinski definition) is 1. The van der Waals surface area contributed by atoms with E-state index in [-0.39, 0.29) is 0 Å². The zero-order chi connectivity index (χ0) is 11.5. The van der Waals surface area contributed by atoms with E-state index in [1.807, 2.05) is 18.2 Å². The van der Waals surface area contributed by atoms with Crippen molar-refractivity contribution in [1.29, 1.82) is 0 Å². The molecule has 3 rings (SSSR count). The van der Waals surface area contributed by atoms with Crippen LogP contribution in [0.25, 0.3) is 11.1 Å². The fraction of sp³-hybridized carbons (Fsp3) is 0.250. The van der Waals surface area contributed by atoms with Crippen molar-refractivity contribution in [1.82, 2.24) is 4.90 Å². The lowest BCUT2D eigenvalue weighted by Crippen LogP contribution is -2.36. The molecule has 1 saturated heterocycles. The molecule has 1 radical (unpaired) electrons. The maximum atomic E-state index is 3.12. The smallest absolute Gasteiger partial charge is 0.0233 e. The van der Waals surface area contributed by atoms with E-state index < -0.39 is 0 Å². The second-order valence-corrected chi connectivity index (χ2v) is 4.62. The van der Waals surface area contributed by atoms with Crippen LogP contribution in [0.3, 0.4) is 0 Å². The molecule has 2 aromatic rings. The van der Waals surface area contributed by atoms with Crippen molar-refractivity contribution < 1.29 is 0 Å². The van der Waals surface area contributed by atoms with Gasteiger partial charge in [-0.1, -0.05) is 42.5 Å². The van der Waals surface area contributed by atoms with Gasteiger partial charge >= 0.3 is 0 Å². The summed E-state index contributed by atoms with van der Waals surface area (Å²) in [5.74, 6) is 0. The minimum Gasteiger partial charge on any atom is -0.299 e. The van der Waals surface area contributed by atoms with E-state index in [2.05, 4.69) is 41.3 Å². The van der Waals surface area contributed by atoms with Crippen LogP contribution in [0.15, 0.2) is 48.5 Å². The first-order chi connectivity index (χ1) is 8.42. The summed E-state index contributed by atoms with van der Waals surface area (Å²) in [6.45, 7) is 3.62. The zero-order valence-corrected chi connectivity index (χ0v) is 9.89. The molecule has 2 aromatic carbocycles. The van der Waals surface area contributed by atoms with E-state index in [1.54, 1.807) is 0 Å². The minimum absolute atomic E-state index is 1.10. The molecule has 17 heavy (non-hydrogen) atoms. The van der Waals surface area contributed by atoms with E-state index in [9.17, 15) is 0 Å². The average Bonchev–Trinajstić information content (AvgIpc) is 2.36. The van der Waals surface area contributed by atoms with Gasteiger partial charge in [0.15, 0.2) is 0 Å². The summed E-state index contributed by atoms with van der Waals surface area (Å²) in [5, 5.41) is 0. The van der Waals surface area contributed by atoms with Crippen molar-refractivity contribution in [2.45, 2.75) is 13.0 Å². The Morgan fingerprint density at radius 2 is 1.82 bits per heavy atom. The van der Waals surface area contributed by atoms with Gasteiger partial charge in [-0.3, -0.25) is 4.90 Å². The van der Waals surface area contributed by atoms with Crippen LogP contribution in [0.5, 0.6) is 0 Å². The van der Waals surface area contributed by atoms with Gasteiger partial charge in [0.2, 0.25) is 0 Å². The molecule has 0 N–H and O–H groups in total. The third-order valence-electron chi connectivity index (χ3n) is 3.35. The standard InChI is InChI=1S/C16H16N/c1-2-5-15(6-3-1)16-9-7-14(8-10-16)13-17-11-4-12-17/h1-2,5-10H,4,11-13H2. The van der Waals surface area contributed by atoms with Crippen LogP contribution in [-0.4, -0.2) is 18.0 Å². The highest BCUT2D eigenvalue weighted by Crippen LogP contribution is 2.20. The Labute approximate surface area is 103 Å². The van der Waals surface area contributed by atoms with Crippen molar-refractivity contribution in [3.63, 3.8) is 0 Å². The summed E-state index contributed by atoms with van der Waals surface area (Å²) in [6, 6.07) is 20.1. The summed E-state index contributed by atoms with van der Waals surface area (Å²) < 4.78 is 0. The quantitative estimate of drug-likeness (QED) is 0.769. The number of nitrogens with zero attached hydrogens (tertiary/aromatic N) is 1. The SMILES string of the molecule is [c]1cccc(-c2ccc(CN3CCC3)cc2)c1. The summed E-state index contributed by atoms with van der Waals surface area (Å²) in [5.41, 5.74) is 3.92. The average molecular weight is 222 g/mol. The highest BCUT2D eigenvalue weighted by Gasteiger charge is 2.13. The molecule has 1 nitrogen and oxygen atoms in total. The lowest BCUT2D eigenvalue weighted by molar-refractivity contribution is 0.172. The minimum atomic E-state index is 1.10. The predicted molar refractivity (Wildman–Crippen MR) is 70.6 cm³/mol. The van der Waals surface area contributed by atoms with Crippen molar-refractivity contribution in [2.75, 3.05) is 13.1 Å². The van der Waals surface area contributed by atoms with E-state index >= 15 is 0 Å². The highest BCUT2D eigenvalue weighted by atomic mass is 15.2. The number of hydrogen-bond donors (Lipinski definition) is 0. The molecule has 0 spiro atoms. The third kappa shape index (κ3) is 2.40. The van der Waals surface area contributed by atoms with Crippen LogP contribution in [0.2, 0.25) is 0 Å². The lowest BCUT2D eigenvalue weighted by Gasteiger charge is -2.30. The maximum absolute atomic E-state index is 3.12. The van der Waals surface area contributed by atoms with Crippen LogP contribution in [0, 0.1) is 6.07 Å². The third-order valence-corrected chi connectivity index (χ3v) is 3.35. The summed E-state index contributed by atoms with van der Waals surface area (Å²) in [6.07, 6.45) is 1.36. The first-order valence-electron chi connectivity index (χ1n) is 6.19. The van der Waals surface area contributed by atoms with Gasteiger partial charge in [-0.15, -0.1) is 0 Å². The molecule has 0 bridgehead atoms. The molecule has 0 aliphatic carbocycles. The Morgan fingerprint density at radius 1 is 1.00 bits per heavy atom. The molecule has 1 aliphatic heterocycles. The van der Waals surface area contributed by atoms with Gasteiger partial charge < -0.3 is 0 Å². The van der Waals surface area contributed by atoms with Gasteiger partial charge in [-0.25, -0.2) is 0 Å². The van der Waals surface area contributed by atoms with Crippen molar-refractivity contribution in [3.05, 3.63) is 60.2 Å². The summed E-state index contributed by atoms with van der Waals surface area (Å²) in [7, 11) is 0. The largest absolute Gasteiger partial charge is 0.299 e. The number of benzene rings is 2. The highest BCUT2D eigenvalue weighted by molar-refractivity contribution is 5.63. The molecule has 85 valence electrons. The van der Waals surface area contributed by atoms with Gasteiger partial charge in [0.1, 0.15) is 0 Å². The van der Waals surface area contributed by atoms with Crippen LogP contribution in [0.1, 0.15) is 12.0 Å². The van der Waals surface area contributed by atoms with Crippen LogP contribution >= 0.6 is 0 Å². The summed E-state index contributed by atoms with van der Waals surface area (Å²) >= 11 is 0. The molecule has 1 heteroatoms. The Kier molecular flexibility index (Phi) is 2.93. The zero-order valence-electron chi connectivity index (χ0n) is 9.89. The Hall–Kier alpha value is -1.60. The Bertz CT molecular complexity index is 469. The fourth-order valence-corrected chi connectivity index (χ4v) is 2.17. The van der Waals surface area contributed by atoms with Gasteiger partial charge in [0.25, 0.3) is 0 Å². The van der Waals surface area contributed by atoms with Crippen molar-refractivity contribution in [2.24, 2.45) is 0 Å². The van der Waals surface area contributed by atoms with Crippen LogP contribution in [-0.2, 0) is 6.54 Å². The molecule has 0 aromatic heterocycles. The number of rotatable bonds is 3. The molecule has 1 aliphatic rings. The molecule has 1 fully saturated rings. The van der Waals surface area contributed by atoms with Crippen molar-refractivity contribution in [3.8, 4) is 11.1 Å². The first kappa shape index (κ1) is 10.5. The monoisotopic (exact) mass is 222 g/mol. The second-order valence-electron chi connectivity index (χ2n) is 4.62. The molecule has 1 heterocycles. The molecular weight excluding hydrogens is 206 g/mol. The summed E-state index contributed by atoms with van der Waals surface area (Å²) in [4.78, 5) is 2.48. The van der Waals surface area contributed by atoms with Gasteiger partial charge in [-0.05, 0) is 48.3 Å². The number of likely N-dealkylation sites (tertiary alicyclic amines) is 1. The van der Waals surface area contributed by atoms with Crippen LogP contribution < -0.4 is 0 Å². The first-order valence-corrected chi connectivity index (χ1v) is 6.19. The molecule has 0 saturated carbocycles.